The largest absolute Gasteiger partial charge is 0.467 e. The Bertz CT molecular complexity index is 1090. The molecule has 0 radical (unpaired) electrons. The number of rotatable bonds is 5. The zero-order chi connectivity index (χ0) is 19.6. The Morgan fingerprint density at radius 1 is 1.00 bits per heavy atom. The van der Waals surface area contributed by atoms with E-state index in [1.54, 1.807) is 18.7 Å². The molecule has 1 N–H and O–H groups in total. The van der Waals surface area contributed by atoms with Gasteiger partial charge in [0.05, 0.1) is 30.6 Å². The second-order valence-electron chi connectivity index (χ2n) is 6.84. The highest BCUT2D eigenvalue weighted by Crippen LogP contribution is 2.40. The lowest BCUT2D eigenvalue weighted by molar-refractivity contribution is 0.280. The van der Waals surface area contributed by atoms with Crippen LogP contribution in [0.25, 0.3) is 5.69 Å². The average Bonchev–Trinajstić information content (AvgIpc) is 3.51. The van der Waals surface area contributed by atoms with Crippen molar-refractivity contribution < 1.29 is 4.42 Å². The van der Waals surface area contributed by atoms with Crippen molar-refractivity contribution in [3.8, 4) is 5.69 Å². The summed E-state index contributed by atoms with van der Waals surface area (Å²) in [6.07, 6.45) is 9.16. The first kappa shape index (κ1) is 17.6. The number of pyridine rings is 2. The highest BCUT2D eigenvalue weighted by Gasteiger charge is 2.41. The number of furan rings is 1. The molecule has 0 amide bonds. The van der Waals surface area contributed by atoms with Gasteiger partial charge >= 0.3 is 0 Å². The molecule has 0 unspecified atom stereocenters. The van der Waals surface area contributed by atoms with E-state index >= 15 is 0 Å². The Morgan fingerprint density at radius 2 is 1.90 bits per heavy atom. The Morgan fingerprint density at radius 3 is 2.66 bits per heavy atom. The number of hydrogen-bond acceptors (Lipinski definition) is 4. The van der Waals surface area contributed by atoms with E-state index in [2.05, 4.69) is 43.1 Å². The predicted octanol–water partition coefficient (Wildman–Crippen LogP) is 4.03. The molecule has 5 heterocycles. The molecule has 4 aromatic rings. The molecule has 0 spiro atoms. The van der Waals surface area contributed by atoms with Crippen LogP contribution in [0.1, 0.15) is 29.2 Å². The van der Waals surface area contributed by atoms with Gasteiger partial charge < -0.3 is 19.2 Å². The molecule has 0 bridgehead atoms. The van der Waals surface area contributed by atoms with Crippen LogP contribution < -0.4 is 5.32 Å². The summed E-state index contributed by atoms with van der Waals surface area (Å²) < 4.78 is 7.78. The van der Waals surface area contributed by atoms with Crippen LogP contribution in [0.2, 0.25) is 0 Å². The van der Waals surface area contributed by atoms with E-state index in [0.717, 1.165) is 22.8 Å². The van der Waals surface area contributed by atoms with Crippen molar-refractivity contribution in [2.45, 2.75) is 18.6 Å². The molecule has 5 rings (SSSR count). The maximum absolute atomic E-state index is 5.73. The molecule has 1 saturated heterocycles. The fraction of sp³-hybridized carbons (Fsp3) is 0.136. The molecule has 144 valence electrons. The number of aromatic nitrogens is 3. The van der Waals surface area contributed by atoms with Gasteiger partial charge in [-0.15, -0.1) is 0 Å². The van der Waals surface area contributed by atoms with Gasteiger partial charge in [-0.05, 0) is 60.7 Å². The molecule has 0 aliphatic carbocycles. The number of nitrogens with one attached hydrogen (secondary N) is 1. The molecule has 1 fully saturated rings. The van der Waals surface area contributed by atoms with Crippen molar-refractivity contribution in [1.29, 1.82) is 0 Å². The topological polar surface area (TPSA) is 59.1 Å². The maximum Gasteiger partial charge on any atom is 0.170 e. The first-order chi connectivity index (χ1) is 14.3. The van der Waals surface area contributed by atoms with Gasteiger partial charge in [0, 0.05) is 36.2 Å². The van der Waals surface area contributed by atoms with Crippen LogP contribution >= 0.6 is 12.2 Å². The van der Waals surface area contributed by atoms with Crippen molar-refractivity contribution >= 4 is 17.3 Å². The number of hydrogen-bond donors (Lipinski definition) is 1. The van der Waals surface area contributed by atoms with Crippen molar-refractivity contribution in [3.63, 3.8) is 0 Å². The van der Waals surface area contributed by atoms with Gasteiger partial charge in [0.15, 0.2) is 5.11 Å². The zero-order valence-corrected chi connectivity index (χ0v) is 16.4. The predicted molar refractivity (Wildman–Crippen MR) is 113 cm³/mol. The standard InChI is InChI=1S/C22H19N5OS/c29-22-25-20(18-6-1-2-10-24-18)21(27(22)15-17-5-4-14-28-17)19-7-3-13-26(19)16-8-11-23-12-9-16/h1-14,20-21H,15H2,(H,25,29)/t20-,21-/m1/s1. The summed E-state index contributed by atoms with van der Waals surface area (Å²) in [4.78, 5) is 10.9. The van der Waals surface area contributed by atoms with Crippen LogP contribution in [0, 0.1) is 0 Å². The maximum atomic E-state index is 5.73. The Balaban J connectivity index is 1.61. The van der Waals surface area contributed by atoms with Crippen LogP contribution in [0.5, 0.6) is 0 Å². The van der Waals surface area contributed by atoms with Gasteiger partial charge in [-0.3, -0.25) is 9.97 Å². The summed E-state index contributed by atoms with van der Waals surface area (Å²) >= 11 is 5.73. The van der Waals surface area contributed by atoms with E-state index in [9.17, 15) is 0 Å². The highest BCUT2D eigenvalue weighted by atomic mass is 32.1. The first-order valence-electron chi connectivity index (χ1n) is 9.39. The summed E-state index contributed by atoms with van der Waals surface area (Å²) in [5, 5.41) is 4.16. The zero-order valence-electron chi connectivity index (χ0n) is 15.6. The molecule has 1 aliphatic rings. The van der Waals surface area contributed by atoms with E-state index in [-0.39, 0.29) is 12.1 Å². The second kappa shape index (κ2) is 7.52. The van der Waals surface area contributed by atoms with Crippen molar-refractivity contribution in [2.75, 3.05) is 0 Å². The molecule has 29 heavy (non-hydrogen) atoms. The molecular weight excluding hydrogens is 382 g/mol. The third kappa shape index (κ3) is 3.30. The molecule has 2 atom stereocenters. The summed E-state index contributed by atoms with van der Waals surface area (Å²) in [5.74, 6) is 0.864. The summed E-state index contributed by atoms with van der Waals surface area (Å²) in [6, 6.07) is 17.9. The van der Waals surface area contributed by atoms with E-state index in [1.165, 1.54) is 0 Å². The van der Waals surface area contributed by atoms with Gasteiger partial charge in [0.2, 0.25) is 0 Å². The monoisotopic (exact) mass is 401 g/mol. The summed E-state index contributed by atoms with van der Waals surface area (Å²) in [5.41, 5.74) is 3.12. The van der Waals surface area contributed by atoms with Gasteiger partial charge in [-0.2, -0.15) is 0 Å². The first-order valence-corrected chi connectivity index (χ1v) is 9.80. The number of thiocarbonyl (C=S) groups is 1. The molecule has 0 saturated carbocycles. The fourth-order valence-electron chi connectivity index (χ4n) is 3.84. The lowest BCUT2D eigenvalue weighted by atomic mass is 10.0. The molecule has 7 heteroatoms. The minimum Gasteiger partial charge on any atom is -0.467 e. The number of nitrogens with zero attached hydrogens (tertiary/aromatic N) is 4. The van der Waals surface area contributed by atoms with Crippen LogP contribution in [0.3, 0.4) is 0 Å². The fourth-order valence-corrected chi connectivity index (χ4v) is 4.15. The molecule has 1 aliphatic heterocycles. The van der Waals surface area contributed by atoms with Crippen LogP contribution in [-0.2, 0) is 6.54 Å². The quantitative estimate of drug-likeness (QED) is 0.510. The smallest absolute Gasteiger partial charge is 0.170 e. The van der Waals surface area contributed by atoms with Gasteiger partial charge in [-0.1, -0.05) is 6.07 Å². The molecular formula is C22H19N5OS. The van der Waals surface area contributed by atoms with Crippen molar-refractivity contribution in [1.82, 2.24) is 24.8 Å². The van der Waals surface area contributed by atoms with Gasteiger partial charge in [-0.25, -0.2) is 0 Å². The minimum absolute atomic E-state index is 0.0503. The van der Waals surface area contributed by atoms with Crippen molar-refractivity contribution in [3.05, 3.63) is 103 Å². The Hall–Kier alpha value is -3.45. The molecule has 6 nitrogen and oxygen atoms in total. The Labute approximate surface area is 173 Å². The highest BCUT2D eigenvalue weighted by molar-refractivity contribution is 7.80. The van der Waals surface area contributed by atoms with E-state index in [1.807, 2.05) is 48.7 Å². The van der Waals surface area contributed by atoms with Crippen molar-refractivity contribution in [2.24, 2.45) is 0 Å². The SMILES string of the molecule is S=C1N[C@H](c2ccccn2)[C@@H](c2cccn2-c2ccncc2)N1Cc1ccco1. The van der Waals surface area contributed by atoms with E-state index < -0.39 is 0 Å². The normalized spacial score (nSPS) is 18.8. The van der Waals surface area contributed by atoms with Crippen LogP contribution in [0.4, 0.5) is 0 Å². The lowest BCUT2D eigenvalue weighted by Crippen LogP contribution is -2.29. The van der Waals surface area contributed by atoms with E-state index in [0.29, 0.717) is 11.7 Å². The van der Waals surface area contributed by atoms with Gasteiger partial charge in [0.1, 0.15) is 5.76 Å². The Kier molecular flexibility index (Phi) is 4.57. The summed E-state index contributed by atoms with van der Waals surface area (Å²) in [7, 11) is 0. The lowest BCUT2D eigenvalue weighted by Gasteiger charge is -2.28. The average molecular weight is 401 g/mol. The van der Waals surface area contributed by atoms with Gasteiger partial charge in [0.25, 0.3) is 0 Å². The third-order valence-electron chi connectivity index (χ3n) is 5.13. The molecule has 4 aromatic heterocycles. The third-order valence-corrected chi connectivity index (χ3v) is 5.48. The molecule has 0 aromatic carbocycles. The summed E-state index contributed by atoms with van der Waals surface area (Å²) in [6.45, 7) is 0.578. The van der Waals surface area contributed by atoms with Crippen LogP contribution in [-0.4, -0.2) is 24.5 Å². The second-order valence-corrected chi connectivity index (χ2v) is 7.23. The van der Waals surface area contributed by atoms with Crippen LogP contribution in [0.15, 0.2) is 90.1 Å². The van der Waals surface area contributed by atoms with E-state index in [4.69, 9.17) is 16.6 Å². The minimum atomic E-state index is -0.0749.